The van der Waals surface area contributed by atoms with E-state index in [0.29, 0.717) is 11.7 Å². The van der Waals surface area contributed by atoms with Crippen molar-refractivity contribution in [1.29, 1.82) is 0 Å². The average Bonchev–Trinajstić information content (AvgIpc) is 2.52. The molecule has 0 bridgehead atoms. The van der Waals surface area contributed by atoms with Crippen LogP contribution in [-0.4, -0.2) is 12.0 Å². The lowest BCUT2D eigenvalue weighted by Gasteiger charge is -2.01. The number of aldehydes is 1. The maximum Gasteiger partial charge on any atom is 0.185 e. The highest BCUT2D eigenvalue weighted by Gasteiger charge is 2.01. The number of hydrogen-bond donors (Lipinski definition) is 0. The van der Waals surface area contributed by atoms with Gasteiger partial charge in [-0.05, 0) is 23.8 Å². The first-order valence-corrected chi connectivity index (χ1v) is 5.49. The summed E-state index contributed by atoms with van der Waals surface area (Å²) in [5, 5.41) is 0. The van der Waals surface area contributed by atoms with E-state index in [1.807, 2.05) is 17.8 Å². The maximum atomic E-state index is 10.3. The molecular weight excluding hydrogens is 184 g/mol. The average molecular weight is 198 g/mol. The second-order valence-corrected chi connectivity index (χ2v) is 4.36. The van der Waals surface area contributed by atoms with E-state index in [0.717, 1.165) is 23.6 Å². The molecule has 3 heteroatoms. The van der Waals surface area contributed by atoms with Crippen LogP contribution in [-0.2, 0) is 5.75 Å². The normalized spacial score (nSPS) is 10.7. The van der Waals surface area contributed by atoms with E-state index in [-0.39, 0.29) is 0 Å². The van der Waals surface area contributed by atoms with Crippen LogP contribution < -0.4 is 0 Å². The van der Waals surface area contributed by atoms with Gasteiger partial charge in [-0.15, -0.1) is 0 Å². The molecule has 0 fully saturated rings. The topological polar surface area (TPSA) is 30.2 Å². The zero-order chi connectivity index (χ0) is 9.68. The summed E-state index contributed by atoms with van der Waals surface area (Å²) < 4.78 is 5.23. The van der Waals surface area contributed by atoms with E-state index >= 15 is 0 Å². The molecule has 1 rings (SSSR count). The minimum atomic E-state index is 0.417. The summed E-state index contributed by atoms with van der Waals surface area (Å²) in [5.74, 6) is 3.97. The molecule has 2 nitrogen and oxygen atoms in total. The van der Waals surface area contributed by atoms with Crippen molar-refractivity contribution >= 4 is 18.0 Å². The molecule has 1 aromatic heterocycles. The number of hydrogen-bond acceptors (Lipinski definition) is 3. The fourth-order valence-electron chi connectivity index (χ4n) is 0.931. The smallest absolute Gasteiger partial charge is 0.185 e. The summed E-state index contributed by atoms with van der Waals surface area (Å²) in [6.07, 6.45) is 0.733. The minimum Gasteiger partial charge on any atom is -0.457 e. The third-order valence-corrected chi connectivity index (χ3v) is 2.89. The Hall–Kier alpha value is -0.700. The number of carbonyl (C=O) groups excluding carboxylic acids is 1. The summed E-state index contributed by atoms with van der Waals surface area (Å²) in [6.45, 7) is 4.37. The van der Waals surface area contributed by atoms with Gasteiger partial charge in [-0.2, -0.15) is 11.8 Å². The third-order valence-electron chi connectivity index (χ3n) is 1.49. The highest BCUT2D eigenvalue weighted by atomic mass is 32.2. The molecule has 1 heterocycles. The van der Waals surface area contributed by atoms with Gasteiger partial charge in [0.05, 0.1) is 5.75 Å². The van der Waals surface area contributed by atoms with E-state index in [4.69, 9.17) is 4.42 Å². The highest BCUT2D eigenvalue weighted by molar-refractivity contribution is 7.98. The maximum absolute atomic E-state index is 10.3. The number of furan rings is 1. The van der Waals surface area contributed by atoms with Crippen molar-refractivity contribution in [1.82, 2.24) is 0 Å². The zero-order valence-corrected chi connectivity index (χ0v) is 8.76. The lowest BCUT2D eigenvalue weighted by molar-refractivity contribution is 0.109. The van der Waals surface area contributed by atoms with Crippen LogP contribution in [0.25, 0.3) is 0 Å². The van der Waals surface area contributed by atoms with Gasteiger partial charge in [-0.1, -0.05) is 13.8 Å². The Morgan fingerprint density at radius 2 is 2.31 bits per heavy atom. The van der Waals surface area contributed by atoms with Gasteiger partial charge in [0, 0.05) is 0 Å². The van der Waals surface area contributed by atoms with Crippen LogP contribution in [0.3, 0.4) is 0 Å². The largest absolute Gasteiger partial charge is 0.457 e. The molecule has 0 aliphatic carbocycles. The molecule has 0 spiro atoms. The second kappa shape index (κ2) is 5.12. The molecule has 0 unspecified atom stereocenters. The number of carbonyl (C=O) groups is 1. The quantitative estimate of drug-likeness (QED) is 0.681. The van der Waals surface area contributed by atoms with Gasteiger partial charge >= 0.3 is 0 Å². The molecule has 72 valence electrons. The molecular formula is C10H14O2S. The van der Waals surface area contributed by atoms with Gasteiger partial charge in [0.15, 0.2) is 12.0 Å². The van der Waals surface area contributed by atoms with Crippen LogP contribution in [0, 0.1) is 5.92 Å². The number of thioether (sulfide) groups is 1. The van der Waals surface area contributed by atoms with Crippen LogP contribution in [0.5, 0.6) is 0 Å². The lowest BCUT2D eigenvalue weighted by atomic mass is 10.3. The van der Waals surface area contributed by atoms with Crippen molar-refractivity contribution in [2.24, 2.45) is 5.92 Å². The van der Waals surface area contributed by atoms with Crippen LogP contribution >= 0.6 is 11.8 Å². The molecule has 0 amide bonds. The third kappa shape index (κ3) is 3.68. The molecule has 0 N–H and O–H groups in total. The summed E-state index contributed by atoms with van der Waals surface area (Å²) in [6, 6.07) is 3.56. The molecule has 0 radical (unpaired) electrons. The Morgan fingerprint density at radius 3 is 2.85 bits per heavy atom. The van der Waals surface area contributed by atoms with Gasteiger partial charge in [0.2, 0.25) is 0 Å². The van der Waals surface area contributed by atoms with Crippen molar-refractivity contribution in [3.05, 3.63) is 23.7 Å². The van der Waals surface area contributed by atoms with Crippen molar-refractivity contribution in [2.45, 2.75) is 19.6 Å². The summed E-state index contributed by atoms with van der Waals surface area (Å²) >= 11 is 1.83. The van der Waals surface area contributed by atoms with Gasteiger partial charge < -0.3 is 4.42 Å². The Labute approximate surface area is 82.7 Å². The molecule has 1 aromatic rings. The van der Waals surface area contributed by atoms with E-state index < -0.39 is 0 Å². The van der Waals surface area contributed by atoms with E-state index in [1.54, 1.807) is 6.07 Å². The lowest BCUT2D eigenvalue weighted by Crippen LogP contribution is -1.90. The summed E-state index contributed by atoms with van der Waals surface area (Å²) in [5.41, 5.74) is 0. The molecule has 0 saturated carbocycles. The molecule has 0 aliphatic heterocycles. The Bertz CT molecular complexity index is 266. The van der Waals surface area contributed by atoms with Gasteiger partial charge in [-0.25, -0.2) is 0 Å². The molecule has 0 aliphatic rings. The highest BCUT2D eigenvalue weighted by Crippen LogP contribution is 2.16. The first kappa shape index (κ1) is 10.4. The summed E-state index contributed by atoms with van der Waals surface area (Å²) in [4.78, 5) is 10.3. The van der Waals surface area contributed by atoms with E-state index in [1.165, 1.54) is 0 Å². The van der Waals surface area contributed by atoms with Gasteiger partial charge in [-0.3, -0.25) is 4.79 Å². The van der Waals surface area contributed by atoms with Crippen molar-refractivity contribution in [2.75, 3.05) is 5.75 Å². The van der Waals surface area contributed by atoms with E-state index in [9.17, 15) is 4.79 Å². The fraction of sp³-hybridized carbons (Fsp3) is 0.500. The van der Waals surface area contributed by atoms with E-state index in [2.05, 4.69) is 13.8 Å². The first-order chi connectivity index (χ1) is 6.22. The predicted octanol–water partition coefficient (Wildman–Crippen LogP) is 2.98. The Morgan fingerprint density at radius 1 is 1.54 bits per heavy atom. The first-order valence-electron chi connectivity index (χ1n) is 4.34. The summed E-state index contributed by atoms with van der Waals surface area (Å²) in [7, 11) is 0. The molecule has 0 saturated heterocycles. The van der Waals surface area contributed by atoms with Crippen molar-refractivity contribution in [3.63, 3.8) is 0 Å². The van der Waals surface area contributed by atoms with Crippen LogP contribution in [0.15, 0.2) is 16.5 Å². The number of rotatable bonds is 5. The predicted molar refractivity (Wildman–Crippen MR) is 55.1 cm³/mol. The SMILES string of the molecule is CC(C)CSCc1ccc(C=O)o1. The Kier molecular flexibility index (Phi) is 4.09. The van der Waals surface area contributed by atoms with Crippen LogP contribution in [0.4, 0.5) is 0 Å². The minimum absolute atomic E-state index is 0.417. The second-order valence-electron chi connectivity index (χ2n) is 3.33. The Balaban J connectivity index is 2.32. The van der Waals surface area contributed by atoms with Crippen LogP contribution in [0.1, 0.15) is 30.2 Å². The van der Waals surface area contributed by atoms with Gasteiger partial charge in [0.25, 0.3) is 0 Å². The molecule has 0 atom stereocenters. The monoisotopic (exact) mass is 198 g/mol. The van der Waals surface area contributed by atoms with Crippen molar-refractivity contribution < 1.29 is 9.21 Å². The fourth-order valence-corrected chi connectivity index (χ4v) is 1.88. The van der Waals surface area contributed by atoms with Crippen molar-refractivity contribution in [3.8, 4) is 0 Å². The standard InChI is InChI=1S/C10H14O2S/c1-8(2)6-13-7-10-4-3-9(5-11)12-10/h3-5,8H,6-7H2,1-2H3. The zero-order valence-electron chi connectivity index (χ0n) is 7.95. The molecule has 13 heavy (non-hydrogen) atoms. The van der Waals surface area contributed by atoms with Crippen LogP contribution in [0.2, 0.25) is 0 Å². The van der Waals surface area contributed by atoms with Gasteiger partial charge in [0.1, 0.15) is 5.76 Å². The molecule has 0 aromatic carbocycles.